The summed E-state index contributed by atoms with van der Waals surface area (Å²) in [7, 11) is -3.85. The average Bonchev–Trinajstić information content (AvgIpc) is 2.53. The van der Waals surface area contributed by atoms with E-state index in [9.17, 15) is 22.8 Å². The quantitative estimate of drug-likeness (QED) is 0.323. The lowest BCUT2D eigenvalue weighted by Gasteiger charge is -2.36. The maximum Gasteiger partial charge on any atom is 0.348 e. The number of rotatable bonds is 10. The standard InChI is InChI=1S/C16H27NO8S/c1-5-7-12-14(19)25-13(15(20)24-12)16(3,4)10-23-26(21,22)9-6-8-17-11(2)18/h12-13H,5-10H2,1-4H3,(H,17,18)/t12?,13-/m0/s1. The second kappa shape index (κ2) is 9.31. The predicted molar refractivity (Wildman–Crippen MR) is 91.5 cm³/mol. The molecule has 1 saturated heterocycles. The molecule has 1 rings (SSSR count). The van der Waals surface area contributed by atoms with Crippen LogP contribution in [0.4, 0.5) is 0 Å². The van der Waals surface area contributed by atoms with Gasteiger partial charge in [0.2, 0.25) is 12.0 Å². The van der Waals surface area contributed by atoms with Crippen molar-refractivity contribution < 1.29 is 36.5 Å². The number of ether oxygens (including phenoxy) is 2. The molecule has 26 heavy (non-hydrogen) atoms. The molecule has 1 amide bonds. The van der Waals surface area contributed by atoms with Crippen molar-refractivity contribution >= 4 is 28.0 Å². The van der Waals surface area contributed by atoms with E-state index in [4.69, 9.17) is 13.7 Å². The SMILES string of the molecule is CCCC1OC(=O)[C@@H](C(C)(C)COS(=O)(=O)CCCNC(C)=O)OC1=O. The van der Waals surface area contributed by atoms with Crippen molar-refractivity contribution in [1.29, 1.82) is 0 Å². The minimum Gasteiger partial charge on any atom is -0.448 e. The third kappa shape index (κ3) is 6.91. The Kier molecular flexibility index (Phi) is 8.01. The molecule has 0 aromatic heterocycles. The lowest BCUT2D eigenvalue weighted by Crippen LogP contribution is -2.52. The van der Waals surface area contributed by atoms with Crippen LogP contribution in [0.15, 0.2) is 0 Å². The minimum atomic E-state index is -3.85. The topological polar surface area (TPSA) is 125 Å². The largest absolute Gasteiger partial charge is 0.448 e. The van der Waals surface area contributed by atoms with Crippen molar-refractivity contribution in [2.24, 2.45) is 5.41 Å². The zero-order valence-corrected chi connectivity index (χ0v) is 16.4. The zero-order chi connectivity index (χ0) is 20.0. The highest BCUT2D eigenvalue weighted by molar-refractivity contribution is 7.86. The van der Waals surface area contributed by atoms with Gasteiger partial charge in [-0.05, 0) is 12.8 Å². The predicted octanol–water partition coefficient (Wildman–Crippen LogP) is 0.523. The normalized spacial score (nSPS) is 21.1. The summed E-state index contributed by atoms with van der Waals surface area (Å²) in [6.45, 7) is 6.16. The fraction of sp³-hybridized carbons (Fsp3) is 0.812. The third-order valence-electron chi connectivity index (χ3n) is 3.79. The zero-order valence-electron chi connectivity index (χ0n) is 15.6. The number of carbonyl (C=O) groups excluding carboxylic acids is 3. The number of cyclic esters (lactones) is 2. The van der Waals surface area contributed by atoms with E-state index in [2.05, 4.69) is 5.32 Å². The van der Waals surface area contributed by atoms with Crippen LogP contribution in [0.3, 0.4) is 0 Å². The first-order valence-corrected chi connectivity index (χ1v) is 10.1. The van der Waals surface area contributed by atoms with E-state index in [1.807, 2.05) is 6.92 Å². The van der Waals surface area contributed by atoms with Gasteiger partial charge in [0, 0.05) is 18.9 Å². The van der Waals surface area contributed by atoms with Gasteiger partial charge < -0.3 is 14.8 Å². The molecule has 0 bridgehead atoms. The van der Waals surface area contributed by atoms with Crippen LogP contribution in [0.1, 0.15) is 47.0 Å². The van der Waals surface area contributed by atoms with E-state index in [-0.39, 0.29) is 31.2 Å². The van der Waals surface area contributed by atoms with Crippen molar-refractivity contribution in [1.82, 2.24) is 5.32 Å². The van der Waals surface area contributed by atoms with Gasteiger partial charge in [-0.3, -0.25) is 8.98 Å². The molecule has 0 radical (unpaired) electrons. The molecule has 1 aliphatic rings. The molecular formula is C16H27NO8S. The summed E-state index contributed by atoms with van der Waals surface area (Å²) in [5.74, 6) is -1.87. The molecule has 0 aromatic rings. The van der Waals surface area contributed by atoms with Crippen molar-refractivity contribution in [3.63, 3.8) is 0 Å². The van der Waals surface area contributed by atoms with Crippen molar-refractivity contribution in [2.45, 2.75) is 59.2 Å². The van der Waals surface area contributed by atoms with E-state index < -0.39 is 39.7 Å². The van der Waals surface area contributed by atoms with Crippen LogP contribution in [0.5, 0.6) is 0 Å². The van der Waals surface area contributed by atoms with Gasteiger partial charge in [0.05, 0.1) is 12.4 Å². The summed E-state index contributed by atoms with van der Waals surface area (Å²) in [6.07, 6.45) is -0.935. The first-order chi connectivity index (χ1) is 12.0. The molecular weight excluding hydrogens is 366 g/mol. The highest BCUT2D eigenvalue weighted by atomic mass is 32.2. The van der Waals surface area contributed by atoms with Gasteiger partial charge in [-0.15, -0.1) is 0 Å². The highest BCUT2D eigenvalue weighted by Gasteiger charge is 2.47. The second-order valence-electron chi connectivity index (χ2n) is 6.88. The molecule has 1 fully saturated rings. The summed E-state index contributed by atoms with van der Waals surface area (Å²) in [6, 6.07) is 0. The Morgan fingerprint density at radius 1 is 1.23 bits per heavy atom. The third-order valence-corrected chi connectivity index (χ3v) is 5.05. The first kappa shape index (κ1) is 22.4. The Bertz CT molecular complexity index is 628. The molecule has 0 aliphatic carbocycles. The van der Waals surface area contributed by atoms with Gasteiger partial charge in [0.1, 0.15) is 0 Å². The molecule has 2 atom stereocenters. The maximum atomic E-state index is 12.1. The van der Waals surface area contributed by atoms with Gasteiger partial charge in [0.15, 0.2) is 6.10 Å². The Balaban J connectivity index is 2.58. The summed E-state index contributed by atoms with van der Waals surface area (Å²) in [4.78, 5) is 34.8. The highest BCUT2D eigenvalue weighted by Crippen LogP contribution is 2.30. The smallest absolute Gasteiger partial charge is 0.348 e. The van der Waals surface area contributed by atoms with E-state index >= 15 is 0 Å². The van der Waals surface area contributed by atoms with Gasteiger partial charge >= 0.3 is 11.9 Å². The molecule has 1 heterocycles. The number of amides is 1. The number of nitrogens with one attached hydrogen (secondary N) is 1. The average molecular weight is 393 g/mol. The maximum absolute atomic E-state index is 12.1. The van der Waals surface area contributed by atoms with Crippen LogP contribution in [0, 0.1) is 5.41 Å². The Hall–Kier alpha value is -1.68. The van der Waals surface area contributed by atoms with Crippen molar-refractivity contribution in [2.75, 3.05) is 18.9 Å². The summed E-state index contributed by atoms with van der Waals surface area (Å²) >= 11 is 0. The first-order valence-electron chi connectivity index (χ1n) is 8.51. The van der Waals surface area contributed by atoms with Crippen LogP contribution < -0.4 is 5.32 Å². The van der Waals surface area contributed by atoms with E-state index in [0.717, 1.165) is 0 Å². The van der Waals surface area contributed by atoms with Gasteiger partial charge in [-0.25, -0.2) is 9.59 Å². The summed E-state index contributed by atoms with van der Waals surface area (Å²) in [5.41, 5.74) is -1.09. The fourth-order valence-electron chi connectivity index (χ4n) is 2.30. The molecule has 1 aliphatic heterocycles. The summed E-state index contributed by atoms with van der Waals surface area (Å²) in [5, 5.41) is 2.49. The minimum absolute atomic E-state index is 0.196. The molecule has 9 nitrogen and oxygen atoms in total. The molecule has 1 N–H and O–H groups in total. The summed E-state index contributed by atoms with van der Waals surface area (Å²) < 4.78 is 39.1. The molecule has 0 aromatic carbocycles. The van der Waals surface area contributed by atoms with Crippen LogP contribution >= 0.6 is 0 Å². The Morgan fingerprint density at radius 2 is 1.88 bits per heavy atom. The van der Waals surface area contributed by atoms with Gasteiger partial charge in [0.25, 0.3) is 10.1 Å². The molecule has 1 unspecified atom stereocenters. The van der Waals surface area contributed by atoms with Crippen molar-refractivity contribution in [3.05, 3.63) is 0 Å². The van der Waals surface area contributed by atoms with Gasteiger partial charge in [-0.2, -0.15) is 8.42 Å². The van der Waals surface area contributed by atoms with Crippen LogP contribution in [-0.2, 0) is 38.2 Å². The van der Waals surface area contributed by atoms with E-state index in [0.29, 0.717) is 12.8 Å². The number of hydrogen-bond acceptors (Lipinski definition) is 8. The fourth-order valence-corrected chi connectivity index (χ4v) is 3.40. The van der Waals surface area contributed by atoms with Crippen molar-refractivity contribution in [3.8, 4) is 0 Å². The van der Waals surface area contributed by atoms with Gasteiger partial charge in [-0.1, -0.05) is 27.2 Å². The molecule has 10 heteroatoms. The number of hydrogen-bond donors (Lipinski definition) is 1. The van der Waals surface area contributed by atoms with Crippen LogP contribution in [0.25, 0.3) is 0 Å². The molecule has 0 spiro atoms. The molecule has 150 valence electrons. The molecule has 0 saturated carbocycles. The van der Waals surface area contributed by atoms with E-state index in [1.165, 1.54) is 6.92 Å². The van der Waals surface area contributed by atoms with Crippen LogP contribution in [-0.4, -0.2) is 57.4 Å². The Labute approximate surface area is 153 Å². The second-order valence-corrected chi connectivity index (χ2v) is 8.64. The lowest BCUT2D eigenvalue weighted by atomic mass is 9.87. The Morgan fingerprint density at radius 3 is 2.46 bits per heavy atom. The monoisotopic (exact) mass is 393 g/mol. The van der Waals surface area contributed by atoms with E-state index in [1.54, 1.807) is 13.8 Å². The number of esters is 2. The number of carbonyl (C=O) groups is 3. The lowest BCUT2D eigenvalue weighted by molar-refractivity contribution is -0.205. The van der Waals surface area contributed by atoms with Crippen LogP contribution in [0.2, 0.25) is 0 Å².